The minimum absolute atomic E-state index is 0.0273. The molecule has 32 heavy (non-hydrogen) atoms. The molecule has 0 fully saturated rings. The number of benzene rings is 3. The zero-order chi connectivity index (χ0) is 22.8. The Balaban J connectivity index is 1.92. The van der Waals surface area contributed by atoms with E-state index in [1.165, 1.54) is 6.42 Å². The molecule has 3 nitrogen and oxygen atoms in total. The van der Waals surface area contributed by atoms with E-state index in [1.54, 1.807) is 0 Å². The molecule has 0 aliphatic carbocycles. The van der Waals surface area contributed by atoms with Gasteiger partial charge in [-0.2, -0.15) is 0 Å². The monoisotopic (exact) mass is 429 g/mol. The molecule has 0 aromatic heterocycles. The lowest BCUT2D eigenvalue weighted by Crippen LogP contribution is -2.46. The van der Waals surface area contributed by atoms with Gasteiger partial charge in [0.25, 0.3) is 0 Å². The van der Waals surface area contributed by atoms with Gasteiger partial charge in [0.05, 0.1) is 5.92 Å². The first kappa shape index (κ1) is 23.7. The molecule has 1 unspecified atom stereocenters. The predicted octanol–water partition coefficient (Wildman–Crippen LogP) is 6.17. The van der Waals surface area contributed by atoms with Crippen LogP contribution in [0.3, 0.4) is 0 Å². The van der Waals surface area contributed by atoms with Crippen LogP contribution in [0.15, 0.2) is 91.0 Å². The molecular weight excluding hydrogens is 394 g/mol. The summed E-state index contributed by atoms with van der Waals surface area (Å²) >= 11 is 0. The lowest BCUT2D eigenvalue weighted by molar-refractivity contribution is -0.143. The Kier molecular flexibility index (Phi) is 8.64. The molecule has 0 saturated heterocycles. The van der Waals surface area contributed by atoms with Crippen molar-refractivity contribution in [2.24, 2.45) is 5.92 Å². The lowest BCUT2D eigenvalue weighted by Gasteiger charge is -2.37. The average molecular weight is 430 g/mol. The Morgan fingerprint density at radius 3 is 1.81 bits per heavy atom. The second-order valence-corrected chi connectivity index (χ2v) is 8.53. The van der Waals surface area contributed by atoms with Crippen LogP contribution in [0.4, 0.5) is 0 Å². The molecule has 3 rings (SSSR count). The maximum Gasteiger partial charge on any atom is 0.229 e. The first-order chi connectivity index (χ1) is 15.6. The van der Waals surface area contributed by atoms with E-state index in [1.807, 2.05) is 90.7 Å². The fourth-order valence-corrected chi connectivity index (χ4v) is 4.30. The van der Waals surface area contributed by atoms with Crippen molar-refractivity contribution in [1.29, 1.82) is 0 Å². The van der Waals surface area contributed by atoms with E-state index in [-0.39, 0.29) is 5.91 Å². The van der Waals surface area contributed by atoms with Gasteiger partial charge >= 0.3 is 0 Å². The summed E-state index contributed by atoms with van der Waals surface area (Å²) in [6.45, 7) is 5.29. The van der Waals surface area contributed by atoms with Gasteiger partial charge in [0.15, 0.2) is 0 Å². The van der Waals surface area contributed by atoms with Crippen molar-refractivity contribution in [1.82, 2.24) is 4.90 Å². The first-order valence-electron chi connectivity index (χ1n) is 11.7. The van der Waals surface area contributed by atoms with Gasteiger partial charge in [0, 0.05) is 13.1 Å². The van der Waals surface area contributed by atoms with Crippen LogP contribution in [0, 0.1) is 5.92 Å². The minimum atomic E-state index is -1.40. The lowest BCUT2D eigenvalue weighted by atomic mass is 9.76. The summed E-state index contributed by atoms with van der Waals surface area (Å²) in [5, 5.41) is 12.1. The van der Waals surface area contributed by atoms with E-state index in [0.29, 0.717) is 13.1 Å². The van der Waals surface area contributed by atoms with Crippen LogP contribution in [-0.2, 0) is 16.9 Å². The highest BCUT2D eigenvalue weighted by molar-refractivity contribution is 5.81. The van der Waals surface area contributed by atoms with Crippen molar-refractivity contribution in [2.45, 2.75) is 51.7 Å². The third-order valence-corrected chi connectivity index (χ3v) is 6.23. The Bertz CT molecular complexity index is 901. The van der Waals surface area contributed by atoms with Crippen molar-refractivity contribution >= 4 is 5.91 Å². The largest absolute Gasteiger partial charge is 0.380 e. The van der Waals surface area contributed by atoms with E-state index in [9.17, 15) is 9.90 Å². The number of unbranched alkanes of at least 4 members (excludes halogenated alkanes) is 3. The minimum Gasteiger partial charge on any atom is -0.380 e. The van der Waals surface area contributed by atoms with E-state index >= 15 is 0 Å². The van der Waals surface area contributed by atoms with Gasteiger partial charge in [-0.3, -0.25) is 4.79 Å². The molecule has 0 radical (unpaired) electrons. The molecule has 0 spiro atoms. The van der Waals surface area contributed by atoms with Gasteiger partial charge in [-0.1, -0.05) is 124 Å². The summed E-state index contributed by atoms with van der Waals surface area (Å²) in [5.74, 6) is -0.664. The van der Waals surface area contributed by atoms with E-state index in [2.05, 4.69) is 19.1 Å². The Morgan fingerprint density at radius 1 is 0.812 bits per heavy atom. The first-order valence-corrected chi connectivity index (χ1v) is 11.7. The Morgan fingerprint density at radius 2 is 1.31 bits per heavy atom. The van der Waals surface area contributed by atoms with E-state index in [0.717, 1.165) is 36.0 Å². The van der Waals surface area contributed by atoms with Gasteiger partial charge in [0.2, 0.25) is 5.91 Å². The number of carbonyl (C=O) groups excluding carboxylic acids is 1. The average Bonchev–Trinajstić information content (AvgIpc) is 2.86. The maximum atomic E-state index is 13.9. The van der Waals surface area contributed by atoms with E-state index in [4.69, 9.17) is 0 Å². The molecule has 0 aliphatic heterocycles. The van der Waals surface area contributed by atoms with Crippen LogP contribution < -0.4 is 0 Å². The number of rotatable bonds is 11. The van der Waals surface area contributed by atoms with Crippen LogP contribution in [-0.4, -0.2) is 22.5 Å². The highest BCUT2D eigenvalue weighted by atomic mass is 16.3. The quantitative estimate of drug-likeness (QED) is 0.370. The molecular formula is C29H35NO2. The van der Waals surface area contributed by atoms with Crippen molar-refractivity contribution in [2.75, 3.05) is 6.54 Å². The van der Waals surface area contributed by atoms with Crippen LogP contribution >= 0.6 is 0 Å². The molecule has 1 atom stereocenters. The van der Waals surface area contributed by atoms with Crippen molar-refractivity contribution in [3.05, 3.63) is 108 Å². The highest BCUT2D eigenvalue weighted by Crippen LogP contribution is 2.38. The number of nitrogens with zero attached hydrogens (tertiary/aromatic N) is 1. The van der Waals surface area contributed by atoms with Crippen molar-refractivity contribution in [3.63, 3.8) is 0 Å². The van der Waals surface area contributed by atoms with Crippen molar-refractivity contribution < 1.29 is 9.90 Å². The van der Waals surface area contributed by atoms with Crippen LogP contribution in [0.2, 0.25) is 0 Å². The Hall–Kier alpha value is -2.91. The summed E-state index contributed by atoms with van der Waals surface area (Å²) in [5.41, 5.74) is 1.17. The molecule has 0 bridgehead atoms. The zero-order valence-corrected chi connectivity index (χ0v) is 19.3. The molecule has 3 heteroatoms. The van der Waals surface area contributed by atoms with Crippen molar-refractivity contribution in [3.8, 4) is 0 Å². The van der Waals surface area contributed by atoms with Gasteiger partial charge in [-0.25, -0.2) is 0 Å². The second-order valence-electron chi connectivity index (χ2n) is 8.53. The highest BCUT2D eigenvalue weighted by Gasteiger charge is 2.43. The second kappa shape index (κ2) is 11.6. The molecule has 3 aromatic rings. The van der Waals surface area contributed by atoms with Gasteiger partial charge in [-0.15, -0.1) is 0 Å². The molecule has 0 heterocycles. The number of carbonyl (C=O) groups is 1. The van der Waals surface area contributed by atoms with E-state index < -0.39 is 11.5 Å². The zero-order valence-electron chi connectivity index (χ0n) is 19.3. The van der Waals surface area contributed by atoms with Crippen LogP contribution in [0.1, 0.15) is 56.2 Å². The molecule has 0 saturated carbocycles. The fourth-order valence-electron chi connectivity index (χ4n) is 4.30. The summed E-state index contributed by atoms with van der Waals surface area (Å²) in [6.07, 6.45) is 4.39. The molecule has 1 amide bonds. The molecule has 168 valence electrons. The Labute approximate surface area is 192 Å². The number of aliphatic hydroxyl groups is 1. The SMILES string of the molecule is CCCCCCN(Cc1ccccc1)C(=O)C(C)C(O)(c1ccccc1)c1ccccc1. The fraction of sp³-hybridized carbons (Fsp3) is 0.345. The maximum absolute atomic E-state index is 13.9. The smallest absolute Gasteiger partial charge is 0.229 e. The summed E-state index contributed by atoms with van der Waals surface area (Å²) in [7, 11) is 0. The van der Waals surface area contributed by atoms with Crippen LogP contribution in [0.25, 0.3) is 0 Å². The predicted molar refractivity (Wildman–Crippen MR) is 131 cm³/mol. The number of amides is 1. The van der Waals surface area contributed by atoms with Gasteiger partial charge < -0.3 is 10.0 Å². The molecule has 1 N–H and O–H groups in total. The number of hydrogen-bond acceptors (Lipinski definition) is 2. The van der Waals surface area contributed by atoms with Crippen LogP contribution in [0.5, 0.6) is 0 Å². The van der Waals surface area contributed by atoms with Gasteiger partial charge in [0.1, 0.15) is 5.60 Å². The standard InChI is InChI=1S/C29H35NO2/c1-3-4-5-15-22-30(23-25-16-9-6-10-17-25)28(31)24(2)29(32,26-18-11-7-12-19-26)27-20-13-8-14-21-27/h6-14,16-21,24,32H,3-5,15,22-23H2,1-2H3. The summed E-state index contributed by atoms with van der Waals surface area (Å²) in [6, 6.07) is 29.2. The summed E-state index contributed by atoms with van der Waals surface area (Å²) in [4.78, 5) is 15.8. The van der Waals surface area contributed by atoms with Gasteiger partial charge in [-0.05, 0) is 23.1 Å². The topological polar surface area (TPSA) is 40.5 Å². The number of hydrogen-bond donors (Lipinski definition) is 1. The third kappa shape index (κ3) is 5.66. The summed E-state index contributed by atoms with van der Waals surface area (Å²) < 4.78 is 0. The molecule has 3 aromatic carbocycles. The third-order valence-electron chi connectivity index (χ3n) is 6.23. The normalized spacial score (nSPS) is 12.3. The molecule has 0 aliphatic rings.